The average molecular weight is 353 g/mol. The minimum atomic E-state index is -4.50. The van der Waals surface area contributed by atoms with Crippen LogP contribution in [0.3, 0.4) is 0 Å². The maximum absolute atomic E-state index is 12.7. The molecule has 0 spiro atoms. The molecule has 2 amide bonds. The van der Waals surface area contributed by atoms with E-state index in [9.17, 15) is 18.0 Å². The van der Waals surface area contributed by atoms with Gasteiger partial charge in [-0.3, -0.25) is 0 Å². The zero-order valence-corrected chi connectivity index (χ0v) is 12.8. The molecule has 0 unspecified atom stereocenters. The summed E-state index contributed by atoms with van der Waals surface area (Å²) in [6.07, 6.45) is -4.50. The number of amides is 2. The van der Waals surface area contributed by atoms with Crippen LogP contribution >= 0.6 is 12.8 Å². The Bertz CT molecular complexity index is 895. The van der Waals surface area contributed by atoms with E-state index in [0.29, 0.717) is 11.0 Å². The Morgan fingerprint density at radius 3 is 2.67 bits per heavy atom. The number of fused-ring (bicyclic) bond motifs is 1. The Hall–Kier alpha value is -2.68. The van der Waals surface area contributed by atoms with E-state index in [2.05, 4.69) is 23.3 Å². The fourth-order valence-electron chi connectivity index (χ4n) is 2.07. The van der Waals surface area contributed by atoms with Crippen LogP contribution in [0, 0.1) is 0 Å². The summed E-state index contributed by atoms with van der Waals surface area (Å²) in [6.45, 7) is 0. The highest BCUT2D eigenvalue weighted by Gasteiger charge is 2.30. The Morgan fingerprint density at radius 1 is 1.17 bits per heavy atom. The number of para-hydroxylation sites is 1. The lowest BCUT2D eigenvalue weighted by Gasteiger charge is -2.15. The number of alkyl halides is 3. The summed E-state index contributed by atoms with van der Waals surface area (Å²) in [5, 5.41) is 6.63. The van der Waals surface area contributed by atoms with E-state index in [1.807, 2.05) is 0 Å². The van der Waals surface area contributed by atoms with Crippen LogP contribution in [0.2, 0.25) is 0 Å². The summed E-state index contributed by atoms with van der Waals surface area (Å²) in [6, 6.07) is 10.3. The molecule has 3 aromatic rings. The van der Waals surface area contributed by atoms with Gasteiger partial charge in [0.25, 0.3) is 0 Å². The van der Waals surface area contributed by atoms with Gasteiger partial charge in [-0.15, -0.1) is 0 Å². The molecule has 2 aromatic carbocycles. The Balaban J connectivity index is 1.82. The van der Waals surface area contributed by atoms with Crippen LogP contribution in [-0.4, -0.2) is 11.2 Å². The molecule has 1 N–H and O–H groups in total. The number of anilines is 2. The van der Waals surface area contributed by atoms with Crippen LogP contribution in [0.1, 0.15) is 5.56 Å². The SMILES string of the molecule is O=C(Nc1cccc(C(F)(F)F)c1)N(S)c1noc2ccccc12. The van der Waals surface area contributed by atoms with Crippen LogP contribution in [0.5, 0.6) is 0 Å². The second-order valence-corrected chi connectivity index (χ2v) is 5.22. The first-order valence-electron chi connectivity index (χ1n) is 6.68. The van der Waals surface area contributed by atoms with Crippen LogP contribution in [0.25, 0.3) is 11.0 Å². The Kier molecular flexibility index (Phi) is 4.10. The van der Waals surface area contributed by atoms with Gasteiger partial charge in [-0.05, 0) is 30.3 Å². The smallest absolute Gasteiger partial charge is 0.354 e. The molecule has 0 aliphatic heterocycles. The number of rotatable bonds is 2. The summed E-state index contributed by atoms with van der Waals surface area (Å²) in [5.74, 6) is 0.137. The first kappa shape index (κ1) is 16.2. The van der Waals surface area contributed by atoms with Gasteiger partial charge in [-0.2, -0.15) is 13.2 Å². The number of thiol groups is 1. The zero-order valence-electron chi connectivity index (χ0n) is 11.9. The van der Waals surface area contributed by atoms with E-state index in [1.165, 1.54) is 12.1 Å². The highest BCUT2D eigenvalue weighted by molar-refractivity contribution is 7.82. The average Bonchev–Trinajstić information content (AvgIpc) is 2.97. The van der Waals surface area contributed by atoms with Gasteiger partial charge in [-0.1, -0.05) is 36.2 Å². The Morgan fingerprint density at radius 2 is 1.92 bits per heavy atom. The maximum Gasteiger partial charge on any atom is 0.416 e. The summed E-state index contributed by atoms with van der Waals surface area (Å²) < 4.78 is 44.0. The molecule has 1 aromatic heterocycles. The van der Waals surface area contributed by atoms with Gasteiger partial charge in [0.2, 0.25) is 0 Å². The van der Waals surface area contributed by atoms with E-state index in [4.69, 9.17) is 4.52 Å². The topological polar surface area (TPSA) is 58.4 Å². The van der Waals surface area contributed by atoms with Gasteiger partial charge in [-0.25, -0.2) is 9.10 Å². The van der Waals surface area contributed by atoms with Gasteiger partial charge in [0.05, 0.1) is 10.9 Å². The fraction of sp³-hybridized carbons (Fsp3) is 0.0667. The first-order chi connectivity index (χ1) is 11.4. The number of nitrogens with one attached hydrogen (secondary N) is 1. The number of carbonyl (C=O) groups excluding carboxylic acids is 1. The van der Waals surface area contributed by atoms with Gasteiger partial charge in [0.15, 0.2) is 11.4 Å². The second kappa shape index (κ2) is 6.08. The number of benzene rings is 2. The van der Waals surface area contributed by atoms with Crippen LogP contribution in [-0.2, 0) is 6.18 Å². The van der Waals surface area contributed by atoms with Gasteiger partial charge in [0.1, 0.15) is 0 Å². The third-order valence-electron chi connectivity index (χ3n) is 3.19. The third kappa shape index (κ3) is 3.16. The normalized spacial score (nSPS) is 11.5. The van der Waals surface area contributed by atoms with E-state index < -0.39 is 17.8 Å². The lowest BCUT2D eigenvalue weighted by Crippen LogP contribution is -2.27. The molecule has 9 heteroatoms. The zero-order chi connectivity index (χ0) is 17.3. The number of hydrogen-bond acceptors (Lipinski definition) is 4. The van der Waals surface area contributed by atoms with Crippen LogP contribution in [0.4, 0.5) is 29.5 Å². The van der Waals surface area contributed by atoms with Crippen LogP contribution in [0.15, 0.2) is 53.1 Å². The van der Waals surface area contributed by atoms with Gasteiger partial charge < -0.3 is 9.84 Å². The van der Waals surface area contributed by atoms with Crippen molar-refractivity contribution >= 4 is 41.3 Å². The van der Waals surface area contributed by atoms with Crippen molar-refractivity contribution in [3.05, 3.63) is 54.1 Å². The number of carbonyl (C=O) groups is 1. The molecule has 0 aliphatic rings. The minimum absolute atomic E-state index is 0.0123. The Labute approximate surface area is 139 Å². The summed E-state index contributed by atoms with van der Waals surface area (Å²) in [4.78, 5) is 12.2. The maximum atomic E-state index is 12.7. The number of hydrogen-bond donors (Lipinski definition) is 2. The summed E-state index contributed by atoms with van der Waals surface area (Å²) in [5.41, 5.74) is -0.419. The van der Waals surface area contributed by atoms with Crippen molar-refractivity contribution in [2.24, 2.45) is 0 Å². The molecule has 5 nitrogen and oxygen atoms in total. The number of urea groups is 1. The minimum Gasteiger partial charge on any atom is -0.354 e. The highest BCUT2D eigenvalue weighted by Crippen LogP contribution is 2.31. The summed E-state index contributed by atoms with van der Waals surface area (Å²) in [7, 11) is 0. The number of aromatic nitrogens is 1. The van der Waals surface area contributed by atoms with Crippen molar-refractivity contribution in [2.75, 3.05) is 9.62 Å². The largest absolute Gasteiger partial charge is 0.416 e. The molecule has 0 atom stereocenters. The van der Waals surface area contributed by atoms with Crippen molar-refractivity contribution in [1.82, 2.24) is 5.16 Å². The molecule has 0 saturated heterocycles. The molecule has 124 valence electrons. The molecular weight excluding hydrogens is 343 g/mol. The molecular formula is C15H10F3N3O2S. The standard InChI is InChI=1S/C15H10F3N3O2S/c16-15(17,18)9-4-3-5-10(8-9)19-14(22)21(24)13-11-6-1-2-7-12(11)23-20-13/h1-8,24H,(H,19,22). The van der Waals surface area contributed by atoms with Crippen molar-refractivity contribution in [3.63, 3.8) is 0 Å². The van der Waals surface area contributed by atoms with Crippen molar-refractivity contribution in [1.29, 1.82) is 0 Å². The fourth-order valence-corrected chi connectivity index (χ4v) is 2.27. The molecule has 0 fully saturated rings. The molecule has 1 heterocycles. The van der Waals surface area contributed by atoms with Crippen LogP contribution < -0.4 is 9.62 Å². The predicted octanol–water partition coefficient (Wildman–Crippen LogP) is 4.73. The highest BCUT2D eigenvalue weighted by atomic mass is 32.1. The van der Waals surface area contributed by atoms with Gasteiger partial charge in [0, 0.05) is 5.69 Å². The van der Waals surface area contributed by atoms with Gasteiger partial charge >= 0.3 is 12.2 Å². The van der Waals surface area contributed by atoms with E-state index in [0.717, 1.165) is 16.4 Å². The number of nitrogens with zero attached hydrogens (tertiary/aromatic N) is 2. The lowest BCUT2D eigenvalue weighted by atomic mass is 10.2. The summed E-state index contributed by atoms with van der Waals surface area (Å²) >= 11 is 4.05. The monoisotopic (exact) mass is 353 g/mol. The molecule has 0 saturated carbocycles. The predicted molar refractivity (Wildman–Crippen MR) is 85.9 cm³/mol. The molecule has 0 aliphatic carbocycles. The van der Waals surface area contributed by atoms with Crippen molar-refractivity contribution in [3.8, 4) is 0 Å². The molecule has 0 radical (unpaired) electrons. The van der Waals surface area contributed by atoms with E-state index in [-0.39, 0.29) is 11.5 Å². The third-order valence-corrected chi connectivity index (χ3v) is 3.56. The molecule has 3 rings (SSSR count). The van der Waals surface area contributed by atoms with E-state index >= 15 is 0 Å². The van der Waals surface area contributed by atoms with Crippen molar-refractivity contribution in [2.45, 2.75) is 6.18 Å². The molecule has 0 bridgehead atoms. The quantitative estimate of drug-likeness (QED) is 0.655. The lowest BCUT2D eigenvalue weighted by molar-refractivity contribution is -0.137. The van der Waals surface area contributed by atoms with E-state index in [1.54, 1.807) is 24.3 Å². The first-order valence-corrected chi connectivity index (χ1v) is 7.08. The van der Waals surface area contributed by atoms with Crippen molar-refractivity contribution < 1.29 is 22.5 Å². The number of halogens is 3. The second-order valence-electron chi connectivity index (χ2n) is 4.82. The molecule has 24 heavy (non-hydrogen) atoms.